The largest absolute Gasteiger partial charge is 0.352 e. The van der Waals surface area contributed by atoms with E-state index in [1.54, 1.807) is 7.05 Å². The van der Waals surface area contributed by atoms with Crippen LogP contribution in [0.5, 0.6) is 0 Å². The van der Waals surface area contributed by atoms with Gasteiger partial charge in [0.25, 0.3) is 5.56 Å². The third-order valence-electron chi connectivity index (χ3n) is 4.98. The van der Waals surface area contributed by atoms with Gasteiger partial charge in [0.15, 0.2) is 5.16 Å². The molecule has 3 rings (SSSR count). The highest BCUT2D eigenvalue weighted by Gasteiger charge is 2.23. The maximum atomic E-state index is 12.5. The van der Waals surface area contributed by atoms with Crippen molar-refractivity contribution in [3.05, 3.63) is 34.1 Å². The maximum absolute atomic E-state index is 12.5. The quantitative estimate of drug-likeness (QED) is 0.673. The van der Waals surface area contributed by atoms with Crippen molar-refractivity contribution in [1.29, 1.82) is 0 Å². The van der Waals surface area contributed by atoms with Crippen molar-refractivity contribution >= 4 is 28.6 Å². The molecule has 1 aromatic carbocycles. The Morgan fingerprint density at radius 3 is 2.88 bits per heavy atom. The van der Waals surface area contributed by atoms with Gasteiger partial charge in [-0.25, -0.2) is 4.98 Å². The summed E-state index contributed by atoms with van der Waals surface area (Å²) in [5.41, 5.74) is 1.64. The Balaban J connectivity index is 1.70. The van der Waals surface area contributed by atoms with E-state index in [1.165, 1.54) is 35.6 Å². The van der Waals surface area contributed by atoms with Crippen molar-refractivity contribution in [3.8, 4) is 0 Å². The molecule has 2 aromatic rings. The fraction of sp³-hybridized carbons (Fsp3) is 0.526. The van der Waals surface area contributed by atoms with Gasteiger partial charge in [-0.3, -0.25) is 14.2 Å². The standard InChI is InChI=1S/C19H25N3O2S/c1-12-8-9-16-14(10-12)18(24)22(3)19(21-16)25-11-17(23)20-15-7-5-4-6-13(15)2/h8-10,13,15H,4-7,11H2,1-3H3,(H,20,23)/t13-,15-/m1/s1. The van der Waals surface area contributed by atoms with E-state index in [2.05, 4.69) is 17.2 Å². The van der Waals surface area contributed by atoms with Gasteiger partial charge in [0, 0.05) is 13.1 Å². The molecule has 0 unspecified atom stereocenters. The topological polar surface area (TPSA) is 64.0 Å². The lowest BCUT2D eigenvalue weighted by Gasteiger charge is -2.29. The third-order valence-corrected chi connectivity index (χ3v) is 6.01. The first kappa shape index (κ1) is 18.0. The Hall–Kier alpha value is -1.82. The predicted molar refractivity (Wildman–Crippen MR) is 102 cm³/mol. The first-order valence-electron chi connectivity index (χ1n) is 8.85. The molecule has 1 N–H and O–H groups in total. The molecule has 25 heavy (non-hydrogen) atoms. The summed E-state index contributed by atoms with van der Waals surface area (Å²) in [5.74, 6) is 0.831. The summed E-state index contributed by atoms with van der Waals surface area (Å²) in [5, 5.41) is 4.34. The lowest BCUT2D eigenvalue weighted by molar-refractivity contribution is -0.119. The van der Waals surface area contributed by atoms with Crippen molar-refractivity contribution < 1.29 is 4.79 Å². The highest BCUT2D eigenvalue weighted by molar-refractivity contribution is 7.99. The van der Waals surface area contributed by atoms with E-state index in [-0.39, 0.29) is 23.3 Å². The second-order valence-electron chi connectivity index (χ2n) is 7.00. The molecule has 134 valence electrons. The number of aromatic nitrogens is 2. The number of hydrogen-bond donors (Lipinski definition) is 1. The minimum atomic E-state index is -0.0717. The van der Waals surface area contributed by atoms with E-state index in [0.717, 1.165) is 12.0 Å². The summed E-state index contributed by atoms with van der Waals surface area (Å²) in [6.45, 7) is 4.16. The first-order chi connectivity index (χ1) is 12.0. The maximum Gasteiger partial charge on any atom is 0.261 e. The van der Waals surface area contributed by atoms with Crippen LogP contribution >= 0.6 is 11.8 Å². The van der Waals surface area contributed by atoms with Gasteiger partial charge in [0.05, 0.1) is 16.7 Å². The minimum absolute atomic E-state index is 0.0157. The number of rotatable bonds is 4. The molecule has 1 heterocycles. The monoisotopic (exact) mass is 359 g/mol. The average Bonchev–Trinajstić information content (AvgIpc) is 2.59. The Morgan fingerprint density at radius 1 is 1.36 bits per heavy atom. The van der Waals surface area contributed by atoms with Crippen LogP contribution in [0.4, 0.5) is 0 Å². The number of nitrogens with one attached hydrogen (secondary N) is 1. The van der Waals surface area contributed by atoms with E-state index in [9.17, 15) is 9.59 Å². The second-order valence-corrected chi connectivity index (χ2v) is 7.95. The number of fused-ring (bicyclic) bond motifs is 1. The lowest BCUT2D eigenvalue weighted by atomic mass is 9.86. The van der Waals surface area contributed by atoms with Crippen LogP contribution < -0.4 is 10.9 Å². The molecule has 1 fully saturated rings. The zero-order valence-corrected chi connectivity index (χ0v) is 15.9. The van der Waals surface area contributed by atoms with E-state index in [1.807, 2.05) is 25.1 Å². The average molecular weight is 359 g/mol. The number of benzene rings is 1. The van der Waals surface area contributed by atoms with Crippen LogP contribution in [0.1, 0.15) is 38.2 Å². The van der Waals surface area contributed by atoms with Crippen LogP contribution in [0, 0.1) is 12.8 Å². The number of carbonyl (C=O) groups excluding carboxylic acids is 1. The van der Waals surface area contributed by atoms with E-state index in [4.69, 9.17) is 0 Å². The number of thioether (sulfide) groups is 1. The van der Waals surface area contributed by atoms with Crippen molar-refractivity contribution in [2.24, 2.45) is 13.0 Å². The van der Waals surface area contributed by atoms with E-state index in [0.29, 0.717) is 22.0 Å². The van der Waals surface area contributed by atoms with Crippen molar-refractivity contribution in [3.63, 3.8) is 0 Å². The van der Waals surface area contributed by atoms with Crippen LogP contribution in [0.2, 0.25) is 0 Å². The van der Waals surface area contributed by atoms with Gasteiger partial charge in [-0.1, -0.05) is 43.2 Å². The molecule has 1 amide bonds. The summed E-state index contributed by atoms with van der Waals surface area (Å²) in [7, 11) is 1.71. The predicted octanol–water partition coefficient (Wildman–Crippen LogP) is 3.03. The van der Waals surface area contributed by atoms with Gasteiger partial charge in [0.1, 0.15) is 0 Å². The number of carbonyl (C=O) groups is 1. The van der Waals surface area contributed by atoms with E-state index < -0.39 is 0 Å². The zero-order chi connectivity index (χ0) is 18.0. The minimum Gasteiger partial charge on any atom is -0.352 e. The van der Waals surface area contributed by atoms with Crippen molar-refractivity contribution in [2.45, 2.75) is 50.7 Å². The van der Waals surface area contributed by atoms with Gasteiger partial charge in [-0.05, 0) is 37.8 Å². The first-order valence-corrected chi connectivity index (χ1v) is 9.84. The molecule has 5 nitrogen and oxygen atoms in total. The van der Waals surface area contributed by atoms with Crippen LogP contribution in [-0.4, -0.2) is 27.3 Å². The zero-order valence-electron chi connectivity index (χ0n) is 15.0. The number of aryl methyl sites for hydroxylation is 1. The number of nitrogens with zero attached hydrogens (tertiary/aromatic N) is 2. The van der Waals surface area contributed by atoms with Crippen molar-refractivity contribution in [1.82, 2.24) is 14.9 Å². The fourth-order valence-corrected chi connectivity index (χ4v) is 4.19. The van der Waals surface area contributed by atoms with Gasteiger partial charge < -0.3 is 5.32 Å². The molecule has 1 aliphatic carbocycles. The van der Waals surface area contributed by atoms with Crippen molar-refractivity contribution in [2.75, 3.05) is 5.75 Å². The van der Waals surface area contributed by atoms with Gasteiger partial charge >= 0.3 is 0 Å². The molecular formula is C19H25N3O2S. The molecule has 6 heteroatoms. The molecule has 0 saturated heterocycles. The molecule has 1 aromatic heterocycles. The van der Waals surface area contributed by atoms with Crippen LogP contribution in [-0.2, 0) is 11.8 Å². The molecule has 0 spiro atoms. The summed E-state index contributed by atoms with van der Waals surface area (Å²) in [6, 6.07) is 5.94. The molecule has 1 aliphatic rings. The SMILES string of the molecule is Cc1ccc2nc(SCC(=O)N[C@@H]3CCCC[C@H]3C)n(C)c(=O)c2c1. The summed E-state index contributed by atoms with van der Waals surface area (Å²) in [4.78, 5) is 29.4. The van der Waals surface area contributed by atoms with Crippen LogP contribution in [0.25, 0.3) is 10.9 Å². The van der Waals surface area contributed by atoms with Crippen LogP contribution in [0.15, 0.2) is 28.2 Å². The highest BCUT2D eigenvalue weighted by Crippen LogP contribution is 2.24. The van der Waals surface area contributed by atoms with Crippen LogP contribution in [0.3, 0.4) is 0 Å². The Bertz CT molecular complexity index is 846. The fourth-order valence-electron chi connectivity index (χ4n) is 3.40. The highest BCUT2D eigenvalue weighted by atomic mass is 32.2. The molecule has 1 saturated carbocycles. The third kappa shape index (κ3) is 4.06. The Kier molecular flexibility index (Phi) is 5.47. The number of amides is 1. The summed E-state index contributed by atoms with van der Waals surface area (Å²) < 4.78 is 1.53. The summed E-state index contributed by atoms with van der Waals surface area (Å²) in [6.07, 6.45) is 4.68. The Labute approximate surface area is 152 Å². The molecule has 0 aliphatic heterocycles. The number of hydrogen-bond acceptors (Lipinski definition) is 4. The normalized spacial score (nSPS) is 20.6. The molecule has 2 atom stereocenters. The molecular weight excluding hydrogens is 334 g/mol. The smallest absolute Gasteiger partial charge is 0.261 e. The van der Waals surface area contributed by atoms with Gasteiger partial charge in [-0.2, -0.15) is 0 Å². The lowest BCUT2D eigenvalue weighted by Crippen LogP contribution is -2.41. The van der Waals surface area contributed by atoms with E-state index >= 15 is 0 Å². The van der Waals surface area contributed by atoms with Gasteiger partial charge in [-0.15, -0.1) is 0 Å². The molecule has 0 radical (unpaired) electrons. The van der Waals surface area contributed by atoms with Gasteiger partial charge in [0.2, 0.25) is 5.91 Å². The Morgan fingerprint density at radius 2 is 2.12 bits per heavy atom. The second kappa shape index (κ2) is 7.60. The molecule has 0 bridgehead atoms. The summed E-state index contributed by atoms with van der Waals surface area (Å²) >= 11 is 1.32.